The maximum Gasteiger partial charge on any atom is 0.325 e. The monoisotopic (exact) mass is 268 g/mol. The second-order valence-electron chi connectivity index (χ2n) is 3.89. The third-order valence-corrected chi connectivity index (χ3v) is 2.35. The lowest BCUT2D eigenvalue weighted by Gasteiger charge is -2.21. The highest BCUT2D eigenvalue weighted by atomic mass is 16.7. The summed E-state index contributed by atoms with van der Waals surface area (Å²) in [7, 11) is 0. The molecule has 1 N–H and O–H groups in total. The molecule has 1 aromatic carbocycles. The number of carboxylic acid groups (broad SMARTS) is 1. The van der Waals surface area contributed by atoms with Crippen LogP contribution in [-0.2, 0) is 9.63 Å². The maximum atomic E-state index is 10.8. The molecule has 1 aromatic rings. The molecule has 19 heavy (non-hydrogen) atoms. The summed E-state index contributed by atoms with van der Waals surface area (Å²) in [6.07, 6.45) is 1.70. The average molecular weight is 268 g/mol. The van der Waals surface area contributed by atoms with Crippen LogP contribution in [0, 0.1) is 10.1 Å². The van der Waals surface area contributed by atoms with E-state index >= 15 is 0 Å². The molecule has 0 heterocycles. The molecule has 0 spiro atoms. The van der Waals surface area contributed by atoms with Gasteiger partial charge in [0.1, 0.15) is 6.54 Å². The lowest BCUT2D eigenvalue weighted by Crippen LogP contribution is -2.30. The summed E-state index contributed by atoms with van der Waals surface area (Å²) in [5, 5.41) is 20.7. The van der Waals surface area contributed by atoms with Gasteiger partial charge in [-0.25, -0.2) is 5.06 Å². The van der Waals surface area contributed by atoms with Gasteiger partial charge in [0, 0.05) is 12.1 Å². The van der Waals surface area contributed by atoms with E-state index in [1.165, 1.54) is 18.2 Å². The number of non-ortho nitro benzene ring substituents is 1. The predicted octanol–water partition coefficient (Wildman–Crippen LogP) is 2.22. The Labute approximate surface area is 110 Å². The van der Waals surface area contributed by atoms with E-state index in [0.29, 0.717) is 12.3 Å². The number of hydrogen-bond donors (Lipinski definition) is 1. The minimum atomic E-state index is -1.07. The highest BCUT2D eigenvalue weighted by Crippen LogP contribution is 2.21. The number of aliphatic carboxylic acids is 1. The second-order valence-corrected chi connectivity index (χ2v) is 3.89. The first-order valence-electron chi connectivity index (χ1n) is 5.91. The number of unbranched alkanes of at least 4 members (excludes halogenated alkanes) is 1. The molecular formula is C12H16N2O5. The largest absolute Gasteiger partial charge is 0.480 e. The van der Waals surface area contributed by atoms with Crippen molar-refractivity contribution in [1.29, 1.82) is 0 Å². The summed E-state index contributed by atoms with van der Waals surface area (Å²) in [6, 6.07) is 5.69. The Morgan fingerprint density at radius 1 is 1.53 bits per heavy atom. The van der Waals surface area contributed by atoms with Crippen LogP contribution in [0.5, 0.6) is 0 Å². The molecule has 0 amide bonds. The summed E-state index contributed by atoms with van der Waals surface area (Å²) in [4.78, 5) is 26.3. The molecular weight excluding hydrogens is 252 g/mol. The first kappa shape index (κ1) is 14.9. The van der Waals surface area contributed by atoms with Crippen molar-refractivity contribution >= 4 is 17.3 Å². The fourth-order valence-electron chi connectivity index (χ4n) is 1.42. The highest BCUT2D eigenvalue weighted by molar-refractivity contribution is 5.73. The SMILES string of the molecule is CCCCON(CC(=O)O)c1cccc([N+](=O)[O-])c1. The third-order valence-electron chi connectivity index (χ3n) is 2.35. The fourth-order valence-corrected chi connectivity index (χ4v) is 1.42. The summed E-state index contributed by atoms with van der Waals surface area (Å²) in [6.45, 7) is 1.98. The number of nitrogens with zero attached hydrogens (tertiary/aromatic N) is 2. The van der Waals surface area contributed by atoms with Crippen LogP contribution in [0.4, 0.5) is 11.4 Å². The number of rotatable bonds is 8. The van der Waals surface area contributed by atoms with Gasteiger partial charge in [-0.15, -0.1) is 0 Å². The third kappa shape index (κ3) is 4.92. The topological polar surface area (TPSA) is 92.9 Å². The molecule has 7 nitrogen and oxygen atoms in total. The molecule has 0 atom stereocenters. The summed E-state index contributed by atoms with van der Waals surface area (Å²) in [5.74, 6) is -1.07. The van der Waals surface area contributed by atoms with Gasteiger partial charge >= 0.3 is 5.97 Å². The van der Waals surface area contributed by atoms with E-state index in [0.717, 1.165) is 17.9 Å². The van der Waals surface area contributed by atoms with E-state index in [1.807, 2.05) is 6.92 Å². The Kier molecular flexibility index (Phi) is 5.74. The zero-order valence-corrected chi connectivity index (χ0v) is 10.6. The molecule has 0 saturated carbocycles. The van der Waals surface area contributed by atoms with Crippen LogP contribution >= 0.6 is 0 Å². The molecule has 0 aliphatic carbocycles. The van der Waals surface area contributed by atoms with E-state index in [-0.39, 0.29) is 12.2 Å². The van der Waals surface area contributed by atoms with Crippen LogP contribution < -0.4 is 5.06 Å². The minimum absolute atomic E-state index is 0.105. The zero-order chi connectivity index (χ0) is 14.3. The van der Waals surface area contributed by atoms with E-state index in [4.69, 9.17) is 9.94 Å². The van der Waals surface area contributed by atoms with Gasteiger partial charge in [-0.2, -0.15) is 0 Å². The van der Waals surface area contributed by atoms with Crippen LogP contribution in [0.25, 0.3) is 0 Å². The van der Waals surface area contributed by atoms with Crippen LogP contribution in [0.3, 0.4) is 0 Å². The Hall–Kier alpha value is -2.15. The summed E-state index contributed by atoms with van der Waals surface area (Å²) in [5.41, 5.74) is 0.250. The lowest BCUT2D eigenvalue weighted by molar-refractivity contribution is -0.384. The van der Waals surface area contributed by atoms with Gasteiger partial charge in [0.25, 0.3) is 5.69 Å². The maximum absolute atomic E-state index is 10.8. The number of nitro groups is 1. The predicted molar refractivity (Wildman–Crippen MR) is 68.9 cm³/mol. The van der Waals surface area contributed by atoms with Crippen molar-refractivity contribution in [2.45, 2.75) is 19.8 Å². The smallest absolute Gasteiger partial charge is 0.325 e. The van der Waals surface area contributed by atoms with Crippen LogP contribution in [-0.4, -0.2) is 29.2 Å². The fraction of sp³-hybridized carbons (Fsp3) is 0.417. The highest BCUT2D eigenvalue weighted by Gasteiger charge is 2.14. The minimum Gasteiger partial charge on any atom is -0.480 e. The second kappa shape index (κ2) is 7.32. The van der Waals surface area contributed by atoms with Crippen LogP contribution in [0.1, 0.15) is 19.8 Å². The number of benzene rings is 1. The van der Waals surface area contributed by atoms with Gasteiger partial charge in [0.15, 0.2) is 0 Å². The Morgan fingerprint density at radius 2 is 2.26 bits per heavy atom. The summed E-state index contributed by atoms with van der Waals surface area (Å²) >= 11 is 0. The van der Waals surface area contributed by atoms with E-state index in [9.17, 15) is 14.9 Å². The van der Waals surface area contributed by atoms with E-state index in [2.05, 4.69) is 0 Å². The zero-order valence-electron chi connectivity index (χ0n) is 10.6. The van der Waals surface area contributed by atoms with E-state index < -0.39 is 10.9 Å². The Balaban J connectivity index is 2.86. The van der Waals surface area contributed by atoms with Crippen LogP contribution in [0.2, 0.25) is 0 Å². The van der Waals surface area contributed by atoms with Gasteiger partial charge in [-0.1, -0.05) is 19.4 Å². The van der Waals surface area contributed by atoms with Crippen molar-refractivity contribution in [1.82, 2.24) is 0 Å². The number of nitro benzene ring substituents is 1. The molecule has 0 saturated heterocycles. The number of carbonyl (C=O) groups is 1. The molecule has 0 aliphatic rings. The van der Waals surface area contributed by atoms with Crippen molar-refractivity contribution in [3.05, 3.63) is 34.4 Å². The Morgan fingerprint density at radius 3 is 2.84 bits per heavy atom. The number of hydrogen-bond acceptors (Lipinski definition) is 5. The van der Waals surface area contributed by atoms with Crippen molar-refractivity contribution in [3.8, 4) is 0 Å². The first-order chi connectivity index (χ1) is 9.04. The number of hydroxylamine groups is 1. The quantitative estimate of drug-likeness (QED) is 0.441. The molecule has 0 fully saturated rings. The molecule has 0 radical (unpaired) electrons. The number of anilines is 1. The van der Waals surface area contributed by atoms with Crippen LogP contribution in [0.15, 0.2) is 24.3 Å². The average Bonchev–Trinajstić information content (AvgIpc) is 2.37. The van der Waals surface area contributed by atoms with E-state index in [1.54, 1.807) is 6.07 Å². The van der Waals surface area contributed by atoms with Gasteiger partial charge in [0.2, 0.25) is 0 Å². The molecule has 0 bridgehead atoms. The van der Waals surface area contributed by atoms with Crippen molar-refractivity contribution < 1.29 is 19.7 Å². The van der Waals surface area contributed by atoms with Crippen molar-refractivity contribution in [2.24, 2.45) is 0 Å². The van der Waals surface area contributed by atoms with Crippen molar-refractivity contribution in [2.75, 3.05) is 18.2 Å². The van der Waals surface area contributed by atoms with Gasteiger partial charge in [0.05, 0.1) is 17.2 Å². The first-order valence-corrected chi connectivity index (χ1v) is 5.91. The van der Waals surface area contributed by atoms with Gasteiger partial charge < -0.3 is 5.11 Å². The Bertz CT molecular complexity index is 450. The molecule has 104 valence electrons. The lowest BCUT2D eigenvalue weighted by atomic mass is 10.3. The van der Waals surface area contributed by atoms with Gasteiger partial charge in [-0.3, -0.25) is 19.7 Å². The molecule has 7 heteroatoms. The molecule has 1 rings (SSSR count). The standard InChI is InChI=1S/C12H16N2O5/c1-2-3-7-19-13(9-12(15)16)10-5-4-6-11(8-10)14(17)18/h4-6,8H,2-3,7,9H2,1H3,(H,15,16). The molecule has 0 aliphatic heterocycles. The number of carboxylic acids is 1. The molecule has 0 unspecified atom stereocenters. The summed E-state index contributed by atoms with van der Waals surface area (Å²) < 4.78 is 0. The van der Waals surface area contributed by atoms with Gasteiger partial charge in [-0.05, 0) is 12.5 Å². The van der Waals surface area contributed by atoms with Crippen molar-refractivity contribution in [3.63, 3.8) is 0 Å². The molecule has 0 aromatic heterocycles. The normalized spacial score (nSPS) is 10.2.